The van der Waals surface area contributed by atoms with Gasteiger partial charge in [-0.3, -0.25) is 10.1 Å². The van der Waals surface area contributed by atoms with Crippen molar-refractivity contribution in [1.29, 1.82) is 0 Å². The normalized spacial score (nSPS) is 14.7. The topological polar surface area (TPSA) is 83.7 Å². The standard InChI is InChI=1S/C15H16N6O/c1-10-8-13(19-18-10)15-17-14(20-22-15)12-5-4-11(9-16-12)21-6-2-3-7-21/h4-5,8-9H,2-3,6-7H2,1H3,(H,18,19). The first-order valence-electron chi connectivity index (χ1n) is 7.37. The summed E-state index contributed by atoms with van der Waals surface area (Å²) in [5.74, 6) is 0.869. The van der Waals surface area contributed by atoms with Crippen LogP contribution < -0.4 is 4.90 Å². The van der Waals surface area contributed by atoms with Crippen LogP contribution in [0.2, 0.25) is 0 Å². The summed E-state index contributed by atoms with van der Waals surface area (Å²) in [5, 5.41) is 11.0. The van der Waals surface area contributed by atoms with Crippen LogP contribution in [0.3, 0.4) is 0 Å². The third-order valence-electron chi connectivity index (χ3n) is 3.80. The van der Waals surface area contributed by atoms with Crippen molar-refractivity contribution in [2.75, 3.05) is 18.0 Å². The molecule has 22 heavy (non-hydrogen) atoms. The number of anilines is 1. The van der Waals surface area contributed by atoms with Crippen molar-refractivity contribution in [2.45, 2.75) is 19.8 Å². The molecule has 1 aliphatic heterocycles. The minimum atomic E-state index is 0.393. The molecule has 1 saturated heterocycles. The number of rotatable bonds is 3. The van der Waals surface area contributed by atoms with Crippen molar-refractivity contribution >= 4 is 5.69 Å². The lowest BCUT2D eigenvalue weighted by atomic mass is 10.3. The van der Waals surface area contributed by atoms with Crippen LogP contribution in [0.15, 0.2) is 28.9 Å². The van der Waals surface area contributed by atoms with Gasteiger partial charge in [0.1, 0.15) is 5.69 Å². The van der Waals surface area contributed by atoms with E-state index in [4.69, 9.17) is 4.52 Å². The molecular formula is C15H16N6O. The molecule has 0 atom stereocenters. The molecule has 0 amide bonds. The summed E-state index contributed by atoms with van der Waals surface area (Å²) in [7, 11) is 0. The van der Waals surface area contributed by atoms with E-state index in [-0.39, 0.29) is 0 Å². The van der Waals surface area contributed by atoms with Crippen LogP contribution in [0.5, 0.6) is 0 Å². The van der Waals surface area contributed by atoms with Crippen LogP contribution >= 0.6 is 0 Å². The molecule has 3 aromatic heterocycles. The van der Waals surface area contributed by atoms with Crippen molar-refractivity contribution in [3.63, 3.8) is 0 Å². The molecule has 4 rings (SSSR count). The molecule has 3 aromatic rings. The van der Waals surface area contributed by atoms with Crippen LogP contribution in [-0.4, -0.2) is 38.4 Å². The minimum absolute atomic E-state index is 0.393. The minimum Gasteiger partial charge on any atom is -0.370 e. The lowest BCUT2D eigenvalue weighted by Crippen LogP contribution is -2.17. The highest BCUT2D eigenvalue weighted by Gasteiger charge is 2.16. The summed E-state index contributed by atoms with van der Waals surface area (Å²) >= 11 is 0. The zero-order valence-electron chi connectivity index (χ0n) is 12.3. The number of nitrogens with one attached hydrogen (secondary N) is 1. The van der Waals surface area contributed by atoms with Crippen molar-refractivity contribution < 1.29 is 4.52 Å². The maximum Gasteiger partial charge on any atom is 0.278 e. The fraction of sp³-hybridized carbons (Fsp3) is 0.333. The molecule has 1 aliphatic rings. The highest BCUT2D eigenvalue weighted by molar-refractivity contribution is 5.57. The number of aromatic nitrogens is 5. The van der Waals surface area contributed by atoms with Crippen molar-refractivity contribution in [1.82, 2.24) is 25.3 Å². The molecule has 1 fully saturated rings. The van der Waals surface area contributed by atoms with E-state index in [0.29, 0.717) is 23.1 Å². The third-order valence-corrected chi connectivity index (χ3v) is 3.80. The van der Waals surface area contributed by atoms with Gasteiger partial charge in [0.2, 0.25) is 5.82 Å². The van der Waals surface area contributed by atoms with Crippen molar-refractivity contribution in [2.24, 2.45) is 0 Å². The molecule has 4 heterocycles. The zero-order valence-corrected chi connectivity index (χ0v) is 12.3. The molecule has 0 spiro atoms. The second-order valence-electron chi connectivity index (χ2n) is 5.46. The Morgan fingerprint density at radius 1 is 1.18 bits per heavy atom. The van der Waals surface area contributed by atoms with Crippen LogP contribution in [0.25, 0.3) is 23.1 Å². The first-order chi connectivity index (χ1) is 10.8. The number of hydrogen-bond acceptors (Lipinski definition) is 6. The van der Waals surface area contributed by atoms with Gasteiger partial charge >= 0.3 is 0 Å². The van der Waals surface area contributed by atoms with Crippen LogP contribution in [0.1, 0.15) is 18.5 Å². The summed E-state index contributed by atoms with van der Waals surface area (Å²) in [6, 6.07) is 5.85. The lowest BCUT2D eigenvalue weighted by Gasteiger charge is -2.16. The second-order valence-corrected chi connectivity index (χ2v) is 5.46. The van der Waals surface area contributed by atoms with Crippen molar-refractivity contribution in [3.8, 4) is 23.1 Å². The SMILES string of the molecule is Cc1cc(-c2nc(-c3ccc(N4CCCC4)cn3)no2)n[nH]1. The Bertz CT molecular complexity index is 769. The van der Waals surface area contributed by atoms with E-state index in [1.807, 2.05) is 25.3 Å². The predicted molar refractivity (Wildman–Crippen MR) is 81.3 cm³/mol. The Labute approximate surface area is 127 Å². The Morgan fingerprint density at radius 3 is 2.73 bits per heavy atom. The Kier molecular flexibility index (Phi) is 3.10. The molecule has 0 aromatic carbocycles. The molecule has 0 saturated carbocycles. The van der Waals surface area contributed by atoms with Gasteiger partial charge in [-0.05, 0) is 38.0 Å². The van der Waals surface area contributed by atoms with Gasteiger partial charge in [0.25, 0.3) is 5.89 Å². The second kappa shape index (κ2) is 5.25. The number of aryl methyl sites for hydroxylation is 1. The van der Waals surface area contributed by atoms with E-state index in [2.05, 4.69) is 36.3 Å². The van der Waals surface area contributed by atoms with Gasteiger partial charge in [0, 0.05) is 18.8 Å². The highest BCUT2D eigenvalue weighted by Crippen LogP contribution is 2.23. The van der Waals surface area contributed by atoms with Gasteiger partial charge < -0.3 is 9.42 Å². The molecule has 0 bridgehead atoms. The van der Waals surface area contributed by atoms with E-state index in [1.54, 1.807) is 0 Å². The molecule has 0 radical (unpaired) electrons. The number of pyridine rings is 1. The van der Waals surface area contributed by atoms with Gasteiger partial charge in [-0.15, -0.1) is 0 Å². The third kappa shape index (κ3) is 2.34. The van der Waals surface area contributed by atoms with Crippen LogP contribution in [0, 0.1) is 6.92 Å². The first-order valence-corrected chi connectivity index (χ1v) is 7.37. The summed E-state index contributed by atoms with van der Waals surface area (Å²) in [6.45, 7) is 4.13. The fourth-order valence-corrected chi connectivity index (χ4v) is 2.64. The number of hydrogen-bond donors (Lipinski definition) is 1. The molecule has 0 aliphatic carbocycles. The average Bonchev–Trinajstić information content (AvgIpc) is 3.28. The molecular weight excluding hydrogens is 280 g/mol. The van der Waals surface area contributed by atoms with Gasteiger partial charge in [0.05, 0.1) is 11.9 Å². The Hall–Kier alpha value is -2.70. The average molecular weight is 296 g/mol. The van der Waals surface area contributed by atoms with Gasteiger partial charge in [-0.2, -0.15) is 10.1 Å². The number of H-pyrrole nitrogens is 1. The Balaban J connectivity index is 1.58. The summed E-state index contributed by atoms with van der Waals surface area (Å²) in [4.78, 5) is 11.1. The smallest absolute Gasteiger partial charge is 0.278 e. The maximum atomic E-state index is 5.25. The van der Waals surface area contributed by atoms with E-state index >= 15 is 0 Å². The lowest BCUT2D eigenvalue weighted by molar-refractivity contribution is 0.430. The van der Waals surface area contributed by atoms with Crippen LogP contribution in [0.4, 0.5) is 5.69 Å². The van der Waals surface area contributed by atoms with Gasteiger partial charge in [0.15, 0.2) is 5.69 Å². The highest BCUT2D eigenvalue weighted by atomic mass is 16.5. The summed E-state index contributed by atoms with van der Waals surface area (Å²) in [6.07, 6.45) is 4.37. The number of nitrogens with zero attached hydrogens (tertiary/aromatic N) is 5. The van der Waals surface area contributed by atoms with E-state index in [9.17, 15) is 0 Å². The number of aromatic amines is 1. The fourth-order valence-electron chi connectivity index (χ4n) is 2.64. The zero-order chi connectivity index (χ0) is 14.9. The first kappa shape index (κ1) is 13.0. The van der Waals surface area contributed by atoms with E-state index in [1.165, 1.54) is 12.8 Å². The maximum absolute atomic E-state index is 5.25. The van der Waals surface area contributed by atoms with Crippen LogP contribution in [-0.2, 0) is 0 Å². The van der Waals surface area contributed by atoms with Gasteiger partial charge in [-0.1, -0.05) is 5.16 Å². The van der Waals surface area contributed by atoms with E-state index in [0.717, 1.165) is 24.5 Å². The van der Waals surface area contributed by atoms with E-state index < -0.39 is 0 Å². The predicted octanol–water partition coefficient (Wildman–Crippen LogP) is 2.43. The molecule has 0 unspecified atom stereocenters. The quantitative estimate of drug-likeness (QED) is 0.799. The van der Waals surface area contributed by atoms with Crippen molar-refractivity contribution in [3.05, 3.63) is 30.1 Å². The molecule has 7 heteroatoms. The monoisotopic (exact) mass is 296 g/mol. The largest absolute Gasteiger partial charge is 0.370 e. The molecule has 1 N–H and O–H groups in total. The van der Waals surface area contributed by atoms with Gasteiger partial charge in [-0.25, -0.2) is 0 Å². The summed E-state index contributed by atoms with van der Waals surface area (Å²) < 4.78 is 5.25. The summed E-state index contributed by atoms with van der Waals surface area (Å²) in [5.41, 5.74) is 3.44. The molecule has 112 valence electrons. The molecule has 7 nitrogen and oxygen atoms in total. The Morgan fingerprint density at radius 2 is 2.05 bits per heavy atom.